The third-order valence-corrected chi connectivity index (χ3v) is 7.05. The van der Waals surface area contributed by atoms with E-state index in [4.69, 9.17) is 4.74 Å². The number of imide groups is 1. The third kappa shape index (κ3) is 3.61. The van der Waals surface area contributed by atoms with Crippen molar-refractivity contribution in [2.24, 2.45) is 11.8 Å². The number of ether oxygens (including phenoxy) is 1. The molecule has 0 N–H and O–H groups in total. The first-order chi connectivity index (χ1) is 17.8. The van der Waals surface area contributed by atoms with Gasteiger partial charge in [0.1, 0.15) is 11.8 Å². The van der Waals surface area contributed by atoms with Gasteiger partial charge in [0.15, 0.2) is 0 Å². The standard InChI is InChI=1S/C28H19F3N2O4/c29-28(30,31)17-8-6-9-18(15-17)32-25(34)22-21-14-13-16-7-4-5-12-20(16)33(21)24(23(22)26(32)35)27(36)37-19-10-2-1-3-11-19/h1-15,21-24H. The van der Waals surface area contributed by atoms with Gasteiger partial charge in [-0.1, -0.05) is 54.6 Å². The molecule has 37 heavy (non-hydrogen) atoms. The highest BCUT2D eigenvalue weighted by molar-refractivity contribution is 6.24. The molecule has 0 bridgehead atoms. The van der Waals surface area contributed by atoms with Crippen LogP contribution in [0.4, 0.5) is 24.5 Å². The monoisotopic (exact) mass is 504 g/mol. The predicted molar refractivity (Wildman–Crippen MR) is 129 cm³/mol. The summed E-state index contributed by atoms with van der Waals surface area (Å²) in [5.41, 5.74) is 0.327. The number of carbonyl (C=O) groups is 3. The maximum Gasteiger partial charge on any atom is 0.416 e. The Balaban J connectivity index is 1.44. The number of carbonyl (C=O) groups excluding carboxylic acids is 3. The maximum absolute atomic E-state index is 13.7. The molecular weight excluding hydrogens is 485 g/mol. The second kappa shape index (κ2) is 8.33. The Kier molecular flexibility index (Phi) is 5.18. The van der Waals surface area contributed by atoms with Gasteiger partial charge in [-0.2, -0.15) is 13.2 Å². The average molecular weight is 504 g/mol. The summed E-state index contributed by atoms with van der Waals surface area (Å²) in [5, 5.41) is 0. The molecular formula is C28H19F3N2O4. The van der Waals surface area contributed by atoms with Crippen molar-refractivity contribution in [1.82, 2.24) is 0 Å². The molecule has 4 atom stereocenters. The lowest BCUT2D eigenvalue weighted by atomic mass is 9.89. The molecule has 6 rings (SSSR count). The molecule has 0 saturated carbocycles. The van der Waals surface area contributed by atoms with Crippen molar-refractivity contribution in [3.8, 4) is 5.75 Å². The van der Waals surface area contributed by atoms with Gasteiger partial charge < -0.3 is 9.64 Å². The molecule has 4 unspecified atom stereocenters. The van der Waals surface area contributed by atoms with E-state index in [1.54, 1.807) is 53.4 Å². The molecule has 2 fully saturated rings. The fourth-order valence-electron chi connectivity index (χ4n) is 5.53. The van der Waals surface area contributed by atoms with Crippen LogP contribution in [0.25, 0.3) is 6.08 Å². The van der Waals surface area contributed by atoms with E-state index in [2.05, 4.69) is 0 Å². The summed E-state index contributed by atoms with van der Waals surface area (Å²) in [4.78, 5) is 43.5. The van der Waals surface area contributed by atoms with Crippen molar-refractivity contribution in [2.75, 3.05) is 9.80 Å². The van der Waals surface area contributed by atoms with Crippen molar-refractivity contribution in [1.29, 1.82) is 0 Å². The van der Waals surface area contributed by atoms with Crippen molar-refractivity contribution >= 4 is 35.2 Å². The van der Waals surface area contributed by atoms with Crippen LogP contribution in [0.2, 0.25) is 0 Å². The summed E-state index contributed by atoms with van der Waals surface area (Å²) in [7, 11) is 0. The molecule has 2 saturated heterocycles. The van der Waals surface area contributed by atoms with Crippen molar-refractivity contribution < 1.29 is 32.3 Å². The lowest BCUT2D eigenvalue weighted by molar-refractivity contribution is -0.139. The average Bonchev–Trinajstić information content (AvgIpc) is 3.37. The first-order valence-electron chi connectivity index (χ1n) is 11.6. The van der Waals surface area contributed by atoms with Crippen LogP contribution in [-0.4, -0.2) is 29.9 Å². The van der Waals surface area contributed by atoms with Gasteiger partial charge in [-0.25, -0.2) is 9.69 Å². The maximum atomic E-state index is 13.7. The Morgan fingerprint density at radius 1 is 0.838 bits per heavy atom. The number of anilines is 2. The number of nitrogens with zero attached hydrogens (tertiary/aromatic N) is 2. The summed E-state index contributed by atoms with van der Waals surface area (Å²) < 4.78 is 45.7. The molecule has 0 aliphatic carbocycles. The van der Waals surface area contributed by atoms with Gasteiger partial charge in [-0.05, 0) is 42.0 Å². The molecule has 186 valence electrons. The molecule has 2 amide bonds. The minimum atomic E-state index is -4.65. The van der Waals surface area contributed by atoms with E-state index < -0.39 is 53.4 Å². The summed E-state index contributed by atoms with van der Waals surface area (Å²) in [6, 6.07) is 17.9. The van der Waals surface area contributed by atoms with Gasteiger partial charge in [-0.15, -0.1) is 0 Å². The van der Waals surface area contributed by atoms with E-state index in [0.717, 1.165) is 28.7 Å². The summed E-state index contributed by atoms with van der Waals surface area (Å²) in [6.45, 7) is 0. The normalized spacial score (nSPS) is 24.1. The Bertz CT molecular complexity index is 1450. The number of hydrogen-bond acceptors (Lipinski definition) is 5. The molecule has 0 aromatic heterocycles. The Hall–Kier alpha value is -4.40. The van der Waals surface area contributed by atoms with Gasteiger partial charge in [0.05, 0.1) is 29.1 Å². The van der Waals surface area contributed by atoms with E-state index in [1.165, 1.54) is 6.07 Å². The zero-order valence-corrected chi connectivity index (χ0v) is 19.1. The Morgan fingerprint density at radius 3 is 2.30 bits per heavy atom. The number of amides is 2. The Morgan fingerprint density at radius 2 is 1.54 bits per heavy atom. The Labute approximate surface area is 209 Å². The molecule has 0 radical (unpaired) electrons. The molecule has 3 aromatic carbocycles. The van der Waals surface area contributed by atoms with Crippen LogP contribution in [0, 0.1) is 11.8 Å². The fraction of sp³-hybridized carbons (Fsp3) is 0.179. The van der Waals surface area contributed by atoms with E-state index in [-0.39, 0.29) is 11.4 Å². The first-order valence-corrected chi connectivity index (χ1v) is 11.6. The lowest BCUT2D eigenvalue weighted by Crippen LogP contribution is -2.50. The highest BCUT2D eigenvalue weighted by Crippen LogP contribution is 2.49. The van der Waals surface area contributed by atoms with Crippen LogP contribution in [0.3, 0.4) is 0 Å². The molecule has 3 aromatic rings. The smallest absolute Gasteiger partial charge is 0.416 e. The van der Waals surface area contributed by atoms with Crippen LogP contribution < -0.4 is 14.5 Å². The zero-order chi connectivity index (χ0) is 25.9. The number of fused-ring (bicyclic) bond motifs is 5. The number of benzene rings is 3. The summed E-state index contributed by atoms with van der Waals surface area (Å²) in [5.74, 6) is -3.94. The minimum Gasteiger partial charge on any atom is -0.425 e. The minimum absolute atomic E-state index is 0.179. The molecule has 3 heterocycles. The van der Waals surface area contributed by atoms with Crippen LogP contribution in [0.5, 0.6) is 5.75 Å². The number of esters is 1. The van der Waals surface area contributed by atoms with Crippen LogP contribution >= 0.6 is 0 Å². The molecule has 0 spiro atoms. The topological polar surface area (TPSA) is 66.9 Å². The van der Waals surface area contributed by atoms with Gasteiger partial charge in [0.2, 0.25) is 11.8 Å². The largest absolute Gasteiger partial charge is 0.425 e. The lowest BCUT2D eigenvalue weighted by Gasteiger charge is -2.36. The second-order valence-corrected chi connectivity index (χ2v) is 9.11. The molecule has 3 aliphatic heterocycles. The van der Waals surface area contributed by atoms with Gasteiger partial charge >= 0.3 is 12.1 Å². The molecule has 9 heteroatoms. The third-order valence-electron chi connectivity index (χ3n) is 7.05. The van der Waals surface area contributed by atoms with Gasteiger partial charge in [0, 0.05) is 5.69 Å². The second-order valence-electron chi connectivity index (χ2n) is 9.11. The number of para-hydroxylation sites is 2. The van der Waals surface area contributed by atoms with Crippen LogP contribution in [0.1, 0.15) is 11.1 Å². The number of rotatable bonds is 3. The number of alkyl halides is 3. The van der Waals surface area contributed by atoms with Crippen LogP contribution in [-0.2, 0) is 20.6 Å². The molecule has 3 aliphatic rings. The van der Waals surface area contributed by atoms with Crippen molar-refractivity contribution in [2.45, 2.75) is 18.3 Å². The van der Waals surface area contributed by atoms with E-state index in [1.807, 2.05) is 18.2 Å². The first kappa shape index (κ1) is 23.0. The van der Waals surface area contributed by atoms with E-state index >= 15 is 0 Å². The van der Waals surface area contributed by atoms with Crippen molar-refractivity contribution in [3.05, 3.63) is 96.1 Å². The zero-order valence-electron chi connectivity index (χ0n) is 19.1. The van der Waals surface area contributed by atoms with Crippen LogP contribution in [0.15, 0.2) is 84.9 Å². The van der Waals surface area contributed by atoms with Gasteiger partial charge in [0.25, 0.3) is 0 Å². The summed E-state index contributed by atoms with van der Waals surface area (Å²) >= 11 is 0. The molecule has 6 nitrogen and oxygen atoms in total. The van der Waals surface area contributed by atoms with Gasteiger partial charge in [-0.3, -0.25) is 9.59 Å². The number of halogens is 3. The SMILES string of the molecule is O=C(Oc1ccccc1)C1C2C(=O)N(c3cccc(C(F)(F)F)c3)C(=O)C2C2C=Cc3ccccc3N21. The highest BCUT2D eigenvalue weighted by Gasteiger charge is 2.65. The van der Waals surface area contributed by atoms with E-state index in [9.17, 15) is 27.6 Å². The quantitative estimate of drug-likeness (QED) is 0.294. The predicted octanol–water partition coefficient (Wildman–Crippen LogP) is 4.70. The van der Waals surface area contributed by atoms with E-state index in [0.29, 0.717) is 5.69 Å². The summed E-state index contributed by atoms with van der Waals surface area (Å²) in [6.07, 6.45) is -1.06. The van der Waals surface area contributed by atoms with Crippen molar-refractivity contribution in [3.63, 3.8) is 0 Å². The number of hydrogen-bond donors (Lipinski definition) is 0. The highest BCUT2D eigenvalue weighted by atomic mass is 19.4. The fourth-order valence-corrected chi connectivity index (χ4v) is 5.53.